The number of nitrogens with zero attached hydrogens (tertiary/aromatic N) is 1. The minimum Gasteiger partial charge on any atom is -0.465 e. The van der Waals surface area contributed by atoms with E-state index in [9.17, 15) is 33.6 Å². The molecule has 0 fully saturated rings. The van der Waals surface area contributed by atoms with Crippen LogP contribution in [0.15, 0.2) is 0 Å². The van der Waals surface area contributed by atoms with E-state index in [0.29, 0.717) is 13.0 Å². The van der Waals surface area contributed by atoms with Crippen molar-refractivity contribution in [1.82, 2.24) is 4.90 Å². The largest absolute Gasteiger partial charge is 0.465 e. The number of esters is 7. The normalized spacial score (nSPS) is 11.6. The highest BCUT2D eigenvalue weighted by Crippen LogP contribution is 2.25. The number of carbonyl (C=O) groups is 7. The van der Waals surface area contributed by atoms with Crippen molar-refractivity contribution in [3.8, 4) is 0 Å². The monoisotopic (exact) mass is 1050 g/mol. The van der Waals surface area contributed by atoms with Gasteiger partial charge in [-0.25, -0.2) is 0 Å². The van der Waals surface area contributed by atoms with Crippen LogP contribution in [0.2, 0.25) is 0 Å². The Hall–Kier alpha value is -3.75. The molecule has 0 aliphatic heterocycles. The predicted molar refractivity (Wildman–Crippen MR) is 290 cm³/mol. The van der Waals surface area contributed by atoms with Gasteiger partial charge in [0, 0.05) is 12.5 Å². The Bertz CT molecular complexity index is 1320. The average molecular weight is 1050 g/mol. The van der Waals surface area contributed by atoms with E-state index in [-0.39, 0.29) is 50.0 Å². The first-order valence-electron chi connectivity index (χ1n) is 29.4. The standard InChI is InChI=1S/C59H107NO14/c1-10-17-23-30-49(31-24-18-11-2)41-68-53(62)38-56(65)72-45-59(44-71-52(61)36-29-37-60(16-7)48(8)9,46-73-57(66)39-54(63)69-42-50(32-25-19-12-3)33-26-20-13-4)47-74-58(67)40-55(64)70-43-51(34-27-21-14-5)35-28-22-15-6/h48-51H,10-47H2,1-9H3. The summed E-state index contributed by atoms with van der Waals surface area (Å²) in [4.78, 5) is 94.7. The van der Waals surface area contributed by atoms with Crippen molar-refractivity contribution in [1.29, 1.82) is 0 Å². The molecular formula is C59H107NO14. The molecule has 0 unspecified atom stereocenters. The molecule has 0 aromatic carbocycles. The Morgan fingerprint density at radius 3 is 0.851 bits per heavy atom. The lowest BCUT2D eigenvalue weighted by Gasteiger charge is -2.31. The van der Waals surface area contributed by atoms with Crippen LogP contribution in [-0.4, -0.2) is 112 Å². The van der Waals surface area contributed by atoms with Crippen LogP contribution in [-0.2, 0) is 66.7 Å². The topological polar surface area (TPSA) is 187 Å². The van der Waals surface area contributed by atoms with Crippen molar-refractivity contribution in [2.24, 2.45) is 23.2 Å². The van der Waals surface area contributed by atoms with Gasteiger partial charge < -0.3 is 38.1 Å². The summed E-state index contributed by atoms with van der Waals surface area (Å²) >= 11 is 0. The van der Waals surface area contributed by atoms with E-state index in [1.807, 2.05) is 6.92 Å². The SMILES string of the molecule is CCCCCC(CCCCC)COC(=O)CC(=O)OCC(COC(=O)CCCN(CC)C(C)C)(COC(=O)CC(=O)OCC(CCCCC)CCCCC)COC(=O)CC(=O)OCC(CCCCC)CCCCC. The summed E-state index contributed by atoms with van der Waals surface area (Å²) in [6.07, 6.45) is 22.8. The van der Waals surface area contributed by atoms with E-state index >= 15 is 0 Å². The number of rotatable bonds is 50. The molecule has 0 aromatic rings. The van der Waals surface area contributed by atoms with Crippen LogP contribution in [0.5, 0.6) is 0 Å². The maximum atomic E-state index is 13.4. The minimum absolute atomic E-state index is 0.0375. The van der Waals surface area contributed by atoms with Crippen molar-refractivity contribution < 1.29 is 66.7 Å². The predicted octanol–water partition coefficient (Wildman–Crippen LogP) is 12.8. The molecule has 0 saturated carbocycles. The fourth-order valence-electron chi connectivity index (χ4n) is 8.79. The molecule has 0 heterocycles. The molecule has 0 aliphatic carbocycles. The second kappa shape index (κ2) is 46.5. The third-order valence-corrected chi connectivity index (χ3v) is 13.7. The van der Waals surface area contributed by atoms with Crippen LogP contribution in [0.4, 0.5) is 0 Å². The Balaban J connectivity index is 6.48. The van der Waals surface area contributed by atoms with Crippen LogP contribution < -0.4 is 0 Å². The van der Waals surface area contributed by atoms with Crippen LogP contribution in [0.1, 0.15) is 249 Å². The third-order valence-electron chi connectivity index (χ3n) is 13.7. The number of hydrogen-bond donors (Lipinski definition) is 0. The van der Waals surface area contributed by atoms with Gasteiger partial charge in [0.05, 0.1) is 19.8 Å². The van der Waals surface area contributed by atoms with Gasteiger partial charge in [-0.15, -0.1) is 0 Å². The summed E-state index contributed by atoms with van der Waals surface area (Å²) in [7, 11) is 0. The van der Waals surface area contributed by atoms with Crippen molar-refractivity contribution in [2.45, 2.75) is 255 Å². The summed E-state index contributed by atoms with van der Waals surface area (Å²) < 4.78 is 39.4. The second-order valence-corrected chi connectivity index (χ2v) is 21.1. The highest BCUT2D eigenvalue weighted by Gasteiger charge is 2.39. The van der Waals surface area contributed by atoms with E-state index in [1.54, 1.807) is 0 Å². The molecule has 0 spiro atoms. The fourth-order valence-corrected chi connectivity index (χ4v) is 8.79. The maximum absolute atomic E-state index is 13.4. The van der Waals surface area contributed by atoms with E-state index in [0.717, 1.165) is 161 Å². The molecule has 0 radical (unpaired) electrons. The highest BCUT2D eigenvalue weighted by molar-refractivity contribution is 5.92. The van der Waals surface area contributed by atoms with E-state index in [4.69, 9.17) is 33.2 Å². The number of ether oxygens (including phenoxy) is 7. The Labute approximate surface area is 449 Å². The fraction of sp³-hybridized carbons (Fsp3) is 0.881. The Kier molecular flexibility index (Phi) is 44.2. The zero-order valence-corrected chi connectivity index (χ0v) is 48.3. The molecule has 74 heavy (non-hydrogen) atoms. The third kappa shape index (κ3) is 38.7. The zero-order chi connectivity index (χ0) is 55.2. The number of unbranched alkanes of at least 4 members (excludes halogenated alkanes) is 12. The first kappa shape index (κ1) is 70.2. The van der Waals surface area contributed by atoms with E-state index in [1.165, 1.54) is 0 Å². The Morgan fingerprint density at radius 1 is 0.351 bits per heavy atom. The van der Waals surface area contributed by atoms with Gasteiger partial charge in [0.1, 0.15) is 51.1 Å². The van der Waals surface area contributed by atoms with Crippen LogP contribution >= 0.6 is 0 Å². The van der Waals surface area contributed by atoms with Crippen LogP contribution in [0.25, 0.3) is 0 Å². The van der Waals surface area contributed by atoms with E-state index < -0.39 is 92.9 Å². The second-order valence-electron chi connectivity index (χ2n) is 21.1. The molecular weight excluding hydrogens is 947 g/mol. The number of hydrogen-bond acceptors (Lipinski definition) is 15. The van der Waals surface area contributed by atoms with Gasteiger partial charge >= 0.3 is 41.8 Å². The molecule has 0 amide bonds. The Morgan fingerprint density at radius 2 is 0.608 bits per heavy atom. The lowest BCUT2D eigenvalue weighted by molar-refractivity contribution is -0.172. The molecule has 15 nitrogen and oxygen atoms in total. The molecule has 0 N–H and O–H groups in total. The van der Waals surface area contributed by atoms with Crippen molar-refractivity contribution >= 4 is 41.8 Å². The van der Waals surface area contributed by atoms with Gasteiger partial charge in [0.2, 0.25) is 0 Å². The highest BCUT2D eigenvalue weighted by atomic mass is 16.6. The van der Waals surface area contributed by atoms with Crippen molar-refractivity contribution in [3.63, 3.8) is 0 Å². The summed E-state index contributed by atoms with van der Waals surface area (Å²) in [6, 6.07) is 0.267. The summed E-state index contributed by atoms with van der Waals surface area (Å²) in [5.41, 5.74) is -1.72. The van der Waals surface area contributed by atoms with E-state index in [2.05, 4.69) is 60.3 Å². The van der Waals surface area contributed by atoms with Gasteiger partial charge in [0.25, 0.3) is 0 Å². The summed E-state index contributed by atoms with van der Waals surface area (Å²) in [6.45, 7) is 18.5. The maximum Gasteiger partial charge on any atom is 0.317 e. The lowest BCUT2D eigenvalue weighted by Crippen LogP contribution is -2.44. The van der Waals surface area contributed by atoms with Gasteiger partial charge in [-0.1, -0.05) is 164 Å². The van der Waals surface area contributed by atoms with Gasteiger partial charge in [0.15, 0.2) is 0 Å². The molecule has 0 saturated heterocycles. The van der Waals surface area contributed by atoms with Crippen LogP contribution in [0, 0.1) is 23.2 Å². The average Bonchev–Trinajstić information content (AvgIpc) is 3.37. The molecule has 0 bridgehead atoms. The first-order chi connectivity index (χ1) is 35.6. The lowest BCUT2D eigenvalue weighted by atomic mass is 9.92. The van der Waals surface area contributed by atoms with Gasteiger partial charge in [-0.2, -0.15) is 0 Å². The van der Waals surface area contributed by atoms with Gasteiger partial charge in [-0.3, -0.25) is 33.6 Å². The van der Waals surface area contributed by atoms with Crippen molar-refractivity contribution in [3.05, 3.63) is 0 Å². The summed E-state index contributed by atoms with van der Waals surface area (Å²) in [5.74, 6) is -5.28. The molecule has 0 aliphatic rings. The molecule has 432 valence electrons. The van der Waals surface area contributed by atoms with Crippen LogP contribution in [0.3, 0.4) is 0 Å². The number of carbonyl (C=O) groups excluding carboxylic acids is 7. The zero-order valence-electron chi connectivity index (χ0n) is 48.3. The van der Waals surface area contributed by atoms with Gasteiger partial charge in [-0.05, 0) is 89.6 Å². The molecule has 15 heteroatoms. The first-order valence-corrected chi connectivity index (χ1v) is 29.4. The smallest absolute Gasteiger partial charge is 0.317 e. The molecule has 0 atom stereocenters. The van der Waals surface area contributed by atoms with Crippen molar-refractivity contribution in [2.75, 3.05) is 59.3 Å². The quantitative estimate of drug-likeness (QED) is 0.0242. The minimum atomic E-state index is -1.72. The molecule has 0 rings (SSSR count). The summed E-state index contributed by atoms with van der Waals surface area (Å²) in [5, 5.41) is 0. The molecule has 0 aromatic heterocycles.